The molecule has 1 aromatic carbocycles. The average Bonchev–Trinajstić information content (AvgIpc) is 2.89. The molecule has 0 unspecified atom stereocenters. The second-order valence-corrected chi connectivity index (χ2v) is 4.26. The first-order chi connectivity index (χ1) is 9.36. The molecule has 2 aromatic heterocycles. The number of H-pyrrole nitrogens is 1. The van der Waals surface area contributed by atoms with Gasteiger partial charge in [0.05, 0.1) is 11.6 Å². The molecule has 2 heterocycles. The van der Waals surface area contributed by atoms with Crippen LogP contribution in [0, 0.1) is 11.3 Å². The summed E-state index contributed by atoms with van der Waals surface area (Å²) in [6, 6.07) is 13.6. The normalized spacial score (nSPS) is 10.3. The van der Waals surface area contributed by atoms with E-state index in [0.717, 1.165) is 22.3 Å². The Morgan fingerprint density at radius 3 is 3.11 bits per heavy atom. The third-order valence-electron chi connectivity index (χ3n) is 3.01. The van der Waals surface area contributed by atoms with E-state index >= 15 is 0 Å². The average molecular weight is 248 g/mol. The topological polar surface area (TPSA) is 64.5 Å². The SMILES string of the molecule is N#Cc1cccc(NCc2c[nH]c3ncccc23)c1. The van der Waals surface area contributed by atoms with Gasteiger partial charge in [0.25, 0.3) is 0 Å². The van der Waals surface area contributed by atoms with Crippen LogP contribution in [0.5, 0.6) is 0 Å². The lowest BCUT2D eigenvalue weighted by atomic mass is 10.2. The maximum atomic E-state index is 8.86. The van der Waals surface area contributed by atoms with Crippen LogP contribution >= 0.6 is 0 Å². The second kappa shape index (κ2) is 4.83. The molecule has 0 radical (unpaired) electrons. The number of nitrogens with zero attached hydrogens (tertiary/aromatic N) is 2. The van der Waals surface area contributed by atoms with Crippen LogP contribution < -0.4 is 5.32 Å². The minimum Gasteiger partial charge on any atom is -0.381 e. The van der Waals surface area contributed by atoms with E-state index in [4.69, 9.17) is 5.26 Å². The summed E-state index contributed by atoms with van der Waals surface area (Å²) in [5.41, 5.74) is 3.65. The Bertz CT molecular complexity index is 752. The molecule has 0 spiro atoms. The number of hydrogen-bond donors (Lipinski definition) is 2. The van der Waals surface area contributed by atoms with Crippen molar-refractivity contribution in [1.29, 1.82) is 5.26 Å². The first-order valence-electron chi connectivity index (χ1n) is 6.02. The van der Waals surface area contributed by atoms with Gasteiger partial charge in [-0.15, -0.1) is 0 Å². The van der Waals surface area contributed by atoms with Gasteiger partial charge in [-0.25, -0.2) is 4.98 Å². The molecular formula is C15H12N4. The van der Waals surface area contributed by atoms with Crippen molar-refractivity contribution in [2.24, 2.45) is 0 Å². The zero-order chi connectivity index (χ0) is 13.1. The summed E-state index contributed by atoms with van der Waals surface area (Å²) in [7, 11) is 0. The maximum absolute atomic E-state index is 8.86. The molecule has 0 aliphatic carbocycles. The van der Waals surface area contributed by atoms with Crippen molar-refractivity contribution >= 4 is 16.7 Å². The Kier molecular flexibility index (Phi) is 2.87. The van der Waals surface area contributed by atoms with Gasteiger partial charge in [0.2, 0.25) is 0 Å². The second-order valence-electron chi connectivity index (χ2n) is 4.26. The Morgan fingerprint density at radius 1 is 1.26 bits per heavy atom. The van der Waals surface area contributed by atoms with Crippen LogP contribution in [0.3, 0.4) is 0 Å². The highest BCUT2D eigenvalue weighted by Gasteiger charge is 2.03. The van der Waals surface area contributed by atoms with E-state index in [1.54, 1.807) is 12.3 Å². The van der Waals surface area contributed by atoms with Gasteiger partial charge in [0.1, 0.15) is 5.65 Å². The van der Waals surface area contributed by atoms with Gasteiger partial charge < -0.3 is 10.3 Å². The van der Waals surface area contributed by atoms with Crippen LogP contribution in [0.2, 0.25) is 0 Å². The van der Waals surface area contributed by atoms with Gasteiger partial charge in [-0.1, -0.05) is 6.07 Å². The first kappa shape index (κ1) is 11.3. The summed E-state index contributed by atoms with van der Waals surface area (Å²) >= 11 is 0. The summed E-state index contributed by atoms with van der Waals surface area (Å²) in [5.74, 6) is 0. The number of fused-ring (bicyclic) bond motifs is 1. The number of nitriles is 1. The van der Waals surface area contributed by atoms with Crippen LogP contribution in [0.15, 0.2) is 48.8 Å². The molecular weight excluding hydrogens is 236 g/mol. The summed E-state index contributed by atoms with van der Waals surface area (Å²) in [6.07, 6.45) is 3.73. The molecule has 2 N–H and O–H groups in total. The zero-order valence-corrected chi connectivity index (χ0v) is 10.2. The highest BCUT2D eigenvalue weighted by atomic mass is 14.9. The highest BCUT2D eigenvalue weighted by Crippen LogP contribution is 2.17. The Labute approximate surface area is 110 Å². The smallest absolute Gasteiger partial charge is 0.137 e. The molecule has 4 heteroatoms. The number of benzene rings is 1. The number of aromatic amines is 1. The molecule has 0 fully saturated rings. The first-order valence-corrected chi connectivity index (χ1v) is 6.02. The highest BCUT2D eigenvalue weighted by molar-refractivity contribution is 5.79. The number of rotatable bonds is 3. The fraction of sp³-hybridized carbons (Fsp3) is 0.0667. The van der Waals surface area contributed by atoms with E-state index < -0.39 is 0 Å². The lowest BCUT2D eigenvalue weighted by Gasteiger charge is -2.05. The van der Waals surface area contributed by atoms with Crippen LogP contribution in [-0.4, -0.2) is 9.97 Å². The quantitative estimate of drug-likeness (QED) is 0.748. The Hall–Kier alpha value is -2.80. The minimum atomic E-state index is 0.658. The van der Waals surface area contributed by atoms with E-state index in [0.29, 0.717) is 12.1 Å². The third-order valence-corrected chi connectivity index (χ3v) is 3.01. The lowest BCUT2D eigenvalue weighted by Crippen LogP contribution is -1.98. The molecule has 3 rings (SSSR count). The monoisotopic (exact) mass is 248 g/mol. The van der Waals surface area contributed by atoms with Gasteiger partial charge in [0.15, 0.2) is 0 Å². The van der Waals surface area contributed by atoms with Crippen molar-refractivity contribution in [2.45, 2.75) is 6.54 Å². The molecule has 0 bridgehead atoms. The number of pyridine rings is 1. The molecule has 0 aliphatic heterocycles. The number of anilines is 1. The van der Waals surface area contributed by atoms with Crippen molar-refractivity contribution in [1.82, 2.24) is 9.97 Å². The molecule has 0 aliphatic rings. The van der Waals surface area contributed by atoms with Crippen molar-refractivity contribution in [3.8, 4) is 6.07 Å². The molecule has 0 atom stereocenters. The predicted octanol–water partition coefficient (Wildman–Crippen LogP) is 3.05. The number of aromatic nitrogens is 2. The van der Waals surface area contributed by atoms with Gasteiger partial charge in [-0.05, 0) is 35.9 Å². The van der Waals surface area contributed by atoms with Crippen molar-refractivity contribution < 1.29 is 0 Å². The van der Waals surface area contributed by atoms with Crippen LogP contribution in [0.25, 0.3) is 11.0 Å². The van der Waals surface area contributed by atoms with Gasteiger partial charge in [-0.2, -0.15) is 5.26 Å². The molecule has 3 aromatic rings. The maximum Gasteiger partial charge on any atom is 0.137 e. The number of hydrogen-bond acceptors (Lipinski definition) is 3. The van der Waals surface area contributed by atoms with Gasteiger partial charge >= 0.3 is 0 Å². The molecule has 4 nitrogen and oxygen atoms in total. The Balaban J connectivity index is 1.81. The standard InChI is InChI=1S/C15H12N4/c16-8-11-3-1-4-13(7-11)18-9-12-10-19-15-14(12)5-2-6-17-15/h1-7,10,18H,9H2,(H,17,19). The van der Waals surface area contributed by atoms with E-state index in [9.17, 15) is 0 Å². The van der Waals surface area contributed by atoms with Crippen LogP contribution in [-0.2, 0) is 6.54 Å². The molecule has 92 valence electrons. The summed E-state index contributed by atoms with van der Waals surface area (Å²) in [5, 5.41) is 13.3. The lowest BCUT2D eigenvalue weighted by molar-refractivity contribution is 1.16. The van der Waals surface area contributed by atoms with Crippen LogP contribution in [0.4, 0.5) is 5.69 Å². The minimum absolute atomic E-state index is 0.658. The fourth-order valence-electron chi connectivity index (χ4n) is 2.05. The molecule has 19 heavy (non-hydrogen) atoms. The number of nitrogens with one attached hydrogen (secondary N) is 2. The van der Waals surface area contributed by atoms with Crippen molar-refractivity contribution in [3.05, 3.63) is 59.9 Å². The summed E-state index contributed by atoms with van der Waals surface area (Å²) in [4.78, 5) is 7.40. The van der Waals surface area contributed by atoms with Crippen molar-refractivity contribution in [2.75, 3.05) is 5.32 Å². The van der Waals surface area contributed by atoms with E-state index in [1.807, 2.05) is 36.5 Å². The van der Waals surface area contributed by atoms with Crippen molar-refractivity contribution in [3.63, 3.8) is 0 Å². The predicted molar refractivity (Wildman–Crippen MR) is 74.6 cm³/mol. The molecule has 0 amide bonds. The zero-order valence-electron chi connectivity index (χ0n) is 10.2. The Morgan fingerprint density at radius 2 is 2.21 bits per heavy atom. The van der Waals surface area contributed by atoms with E-state index in [-0.39, 0.29) is 0 Å². The third kappa shape index (κ3) is 2.26. The van der Waals surface area contributed by atoms with Crippen LogP contribution in [0.1, 0.15) is 11.1 Å². The summed E-state index contributed by atoms with van der Waals surface area (Å²) in [6.45, 7) is 0.695. The fourth-order valence-corrected chi connectivity index (χ4v) is 2.05. The molecule has 0 saturated carbocycles. The van der Waals surface area contributed by atoms with E-state index in [1.165, 1.54) is 0 Å². The largest absolute Gasteiger partial charge is 0.381 e. The van der Waals surface area contributed by atoms with Gasteiger partial charge in [0, 0.05) is 30.0 Å². The van der Waals surface area contributed by atoms with E-state index in [2.05, 4.69) is 21.4 Å². The summed E-state index contributed by atoms with van der Waals surface area (Å²) < 4.78 is 0. The molecule has 0 saturated heterocycles. The van der Waals surface area contributed by atoms with Gasteiger partial charge in [-0.3, -0.25) is 0 Å².